The highest BCUT2D eigenvalue weighted by Gasteiger charge is 2.33. The number of carboxylic acid groups (broad SMARTS) is 1. The van der Waals surface area contributed by atoms with E-state index in [1.165, 1.54) is 12.1 Å². The molecule has 1 aliphatic rings. The van der Waals surface area contributed by atoms with E-state index in [0.717, 1.165) is 35.6 Å². The molecule has 0 spiro atoms. The number of fused-ring (bicyclic) bond motifs is 1. The van der Waals surface area contributed by atoms with Gasteiger partial charge in [0.1, 0.15) is 12.4 Å². The van der Waals surface area contributed by atoms with Crippen LogP contribution in [0.1, 0.15) is 40.7 Å². The molecule has 3 rings (SSSR count). The van der Waals surface area contributed by atoms with Crippen molar-refractivity contribution in [3.63, 3.8) is 0 Å². The van der Waals surface area contributed by atoms with Crippen molar-refractivity contribution in [2.24, 2.45) is 0 Å². The monoisotopic (exact) mass is 408 g/mol. The van der Waals surface area contributed by atoms with E-state index in [-0.39, 0.29) is 31.3 Å². The lowest BCUT2D eigenvalue weighted by Crippen LogP contribution is -2.23. The van der Waals surface area contributed by atoms with E-state index in [4.69, 9.17) is 14.6 Å². The van der Waals surface area contributed by atoms with E-state index in [2.05, 4.69) is 0 Å². The maximum absolute atomic E-state index is 13.2. The van der Waals surface area contributed by atoms with Crippen molar-refractivity contribution in [3.8, 4) is 5.75 Å². The van der Waals surface area contributed by atoms with Crippen LogP contribution in [0.4, 0.5) is 13.2 Å². The third-order valence-electron chi connectivity index (χ3n) is 4.99. The van der Waals surface area contributed by atoms with Crippen molar-refractivity contribution < 1.29 is 32.5 Å². The third kappa shape index (κ3) is 5.73. The van der Waals surface area contributed by atoms with Gasteiger partial charge in [-0.1, -0.05) is 23.8 Å². The van der Waals surface area contributed by atoms with Gasteiger partial charge in [-0.15, -0.1) is 0 Å². The van der Waals surface area contributed by atoms with Gasteiger partial charge in [-0.3, -0.25) is 4.79 Å². The Balaban J connectivity index is 1.64. The minimum absolute atomic E-state index is 0.0183. The van der Waals surface area contributed by atoms with Crippen molar-refractivity contribution >= 4 is 5.97 Å². The molecule has 1 atom stereocenters. The third-order valence-corrected chi connectivity index (χ3v) is 4.99. The Kier molecular flexibility index (Phi) is 6.47. The zero-order valence-corrected chi connectivity index (χ0v) is 16.1. The highest BCUT2D eigenvalue weighted by atomic mass is 19.4. The summed E-state index contributed by atoms with van der Waals surface area (Å²) in [6, 6.07) is 9.55. The van der Waals surface area contributed by atoms with Crippen LogP contribution in [0.3, 0.4) is 0 Å². The lowest BCUT2D eigenvalue weighted by Gasteiger charge is -2.25. The summed E-state index contributed by atoms with van der Waals surface area (Å²) >= 11 is 0. The first-order valence-electron chi connectivity index (χ1n) is 9.47. The number of halogens is 3. The molecule has 0 aliphatic heterocycles. The van der Waals surface area contributed by atoms with Crippen LogP contribution >= 0.6 is 0 Å². The molecule has 4 nitrogen and oxygen atoms in total. The maximum Gasteiger partial charge on any atom is 0.416 e. The average Bonchev–Trinajstić information content (AvgIpc) is 2.65. The summed E-state index contributed by atoms with van der Waals surface area (Å²) in [5, 5.41) is 8.68. The van der Waals surface area contributed by atoms with Crippen LogP contribution in [0.5, 0.6) is 5.75 Å². The first kappa shape index (κ1) is 21.2. The lowest BCUT2D eigenvalue weighted by atomic mass is 9.89. The molecule has 156 valence electrons. The molecule has 0 saturated carbocycles. The van der Waals surface area contributed by atoms with Crippen molar-refractivity contribution in [1.29, 1.82) is 0 Å². The van der Waals surface area contributed by atoms with Crippen LogP contribution in [-0.4, -0.2) is 23.8 Å². The van der Waals surface area contributed by atoms with Crippen molar-refractivity contribution in [3.05, 3.63) is 64.2 Å². The van der Waals surface area contributed by atoms with Gasteiger partial charge in [-0.05, 0) is 55.5 Å². The first-order valence-corrected chi connectivity index (χ1v) is 9.47. The normalized spacial score (nSPS) is 16.3. The summed E-state index contributed by atoms with van der Waals surface area (Å²) < 4.78 is 50.9. The molecule has 0 amide bonds. The summed E-state index contributed by atoms with van der Waals surface area (Å²) in [4.78, 5) is 10.6. The van der Waals surface area contributed by atoms with Crippen molar-refractivity contribution in [2.45, 2.75) is 51.5 Å². The van der Waals surface area contributed by atoms with Gasteiger partial charge in [-0.2, -0.15) is 13.2 Å². The van der Waals surface area contributed by atoms with Gasteiger partial charge in [-0.25, -0.2) is 0 Å². The summed E-state index contributed by atoms with van der Waals surface area (Å²) in [5.74, 6) is -0.353. The fourth-order valence-corrected chi connectivity index (χ4v) is 3.52. The van der Waals surface area contributed by atoms with Crippen LogP contribution in [0.15, 0.2) is 36.4 Å². The Hall–Kier alpha value is -2.54. The van der Waals surface area contributed by atoms with E-state index in [1.807, 2.05) is 12.1 Å². The van der Waals surface area contributed by atoms with Crippen molar-refractivity contribution in [2.75, 3.05) is 6.61 Å². The zero-order chi connectivity index (χ0) is 21.0. The number of aryl methyl sites for hydroxylation is 2. The van der Waals surface area contributed by atoms with Gasteiger partial charge < -0.3 is 14.6 Å². The Labute approximate surface area is 167 Å². The number of ether oxygens (including phenoxy) is 2. The van der Waals surface area contributed by atoms with Crippen LogP contribution in [0.2, 0.25) is 0 Å². The Morgan fingerprint density at radius 2 is 1.97 bits per heavy atom. The number of carbonyl (C=O) groups is 1. The molecule has 29 heavy (non-hydrogen) atoms. The van der Waals surface area contributed by atoms with Crippen LogP contribution in [0, 0.1) is 6.92 Å². The standard InChI is InChI=1S/C22H23F3O4/c1-14-2-7-20(22(23,24)25)17(10-14)13-29-19-6-4-15-11-18(5-3-16(15)12-19)28-9-8-21(26)27/h2,4,6-7,10,12,18H,3,5,8-9,11,13H2,1H3,(H,26,27). The van der Waals surface area contributed by atoms with Crippen LogP contribution in [0.25, 0.3) is 0 Å². The van der Waals surface area contributed by atoms with E-state index in [9.17, 15) is 18.0 Å². The number of rotatable bonds is 7. The van der Waals surface area contributed by atoms with E-state index in [0.29, 0.717) is 12.2 Å². The molecule has 0 fully saturated rings. The molecule has 1 N–H and O–H groups in total. The Morgan fingerprint density at radius 1 is 1.17 bits per heavy atom. The SMILES string of the molecule is Cc1ccc(C(F)(F)F)c(COc2ccc3c(c2)CCC(OCCC(=O)O)C3)c1. The Morgan fingerprint density at radius 3 is 2.69 bits per heavy atom. The molecule has 0 saturated heterocycles. The number of alkyl halides is 3. The second kappa shape index (κ2) is 8.86. The molecule has 2 aromatic rings. The highest BCUT2D eigenvalue weighted by Crippen LogP contribution is 2.33. The number of hydrogen-bond acceptors (Lipinski definition) is 3. The molecule has 0 aromatic heterocycles. The van der Waals surface area contributed by atoms with E-state index < -0.39 is 17.7 Å². The highest BCUT2D eigenvalue weighted by molar-refractivity contribution is 5.66. The molecule has 1 unspecified atom stereocenters. The predicted octanol–water partition coefficient (Wildman–Crippen LogP) is 4.94. The summed E-state index contributed by atoms with van der Waals surface area (Å²) in [6.07, 6.45) is -2.25. The minimum atomic E-state index is -4.42. The van der Waals surface area contributed by atoms with E-state index in [1.54, 1.807) is 13.0 Å². The molecular formula is C22H23F3O4. The minimum Gasteiger partial charge on any atom is -0.489 e. The fraction of sp³-hybridized carbons (Fsp3) is 0.409. The zero-order valence-electron chi connectivity index (χ0n) is 16.1. The molecule has 0 heterocycles. The molecule has 0 radical (unpaired) electrons. The van der Waals surface area contributed by atoms with Gasteiger partial charge >= 0.3 is 12.1 Å². The number of carboxylic acids is 1. The molecule has 2 aromatic carbocycles. The summed E-state index contributed by atoms with van der Waals surface area (Å²) in [6.45, 7) is 1.78. The second-order valence-corrected chi connectivity index (χ2v) is 7.26. The second-order valence-electron chi connectivity index (χ2n) is 7.26. The summed E-state index contributed by atoms with van der Waals surface area (Å²) in [7, 11) is 0. The number of hydrogen-bond donors (Lipinski definition) is 1. The maximum atomic E-state index is 13.2. The van der Waals surface area contributed by atoms with Crippen LogP contribution < -0.4 is 4.74 Å². The molecular weight excluding hydrogens is 385 g/mol. The lowest BCUT2D eigenvalue weighted by molar-refractivity contribution is -0.139. The predicted molar refractivity (Wildman–Crippen MR) is 101 cm³/mol. The topological polar surface area (TPSA) is 55.8 Å². The largest absolute Gasteiger partial charge is 0.489 e. The van der Waals surface area contributed by atoms with Crippen LogP contribution in [-0.2, 0) is 35.2 Å². The van der Waals surface area contributed by atoms with E-state index >= 15 is 0 Å². The van der Waals surface area contributed by atoms with Gasteiger partial charge in [0.2, 0.25) is 0 Å². The van der Waals surface area contributed by atoms with Gasteiger partial charge in [0.15, 0.2) is 0 Å². The molecule has 1 aliphatic carbocycles. The summed E-state index contributed by atoms with van der Waals surface area (Å²) in [5.41, 5.74) is 2.36. The van der Waals surface area contributed by atoms with Gasteiger partial charge in [0.25, 0.3) is 0 Å². The van der Waals surface area contributed by atoms with Crippen molar-refractivity contribution in [1.82, 2.24) is 0 Å². The average molecular weight is 408 g/mol. The fourth-order valence-electron chi connectivity index (χ4n) is 3.52. The smallest absolute Gasteiger partial charge is 0.416 e. The molecule has 7 heteroatoms. The number of benzene rings is 2. The number of aliphatic carboxylic acids is 1. The quantitative estimate of drug-likeness (QED) is 0.705. The first-order chi connectivity index (χ1) is 13.7. The van der Waals surface area contributed by atoms with Gasteiger partial charge in [0.05, 0.1) is 24.7 Å². The molecule has 0 bridgehead atoms. The Bertz CT molecular complexity index is 877. The van der Waals surface area contributed by atoms with Gasteiger partial charge in [0, 0.05) is 5.56 Å².